The van der Waals surface area contributed by atoms with Gasteiger partial charge in [-0.05, 0) is 30.3 Å². The largest absolute Gasteiger partial charge is 0.452 e. The van der Waals surface area contributed by atoms with Crippen molar-refractivity contribution in [2.45, 2.75) is 0 Å². The number of hydrogen-bond acceptors (Lipinski definition) is 6. The number of nitrogens with one attached hydrogen (secondary N) is 1. The van der Waals surface area contributed by atoms with Gasteiger partial charge in [0, 0.05) is 19.8 Å². The molecule has 3 rings (SSSR count). The van der Waals surface area contributed by atoms with Crippen molar-refractivity contribution in [1.82, 2.24) is 14.8 Å². The number of carbonyl (C=O) groups excluding carboxylic acids is 5. The Kier molecular flexibility index (Phi) is 5.40. The molecule has 29 heavy (non-hydrogen) atoms. The lowest BCUT2D eigenvalue weighted by molar-refractivity contribution is -0.123. The number of hydrogen-bond donors (Lipinski definition) is 1. The van der Waals surface area contributed by atoms with E-state index in [1.165, 1.54) is 34.9 Å². The van der Waals surface area contributed by atoms with Crippen LogP contribution in [-0.4, -0.2) is 52.2 Å². The highest BCUT2D eigenvalue weighted by molar-refractivity contribution is 6.22. The maximum Gasteiger partial charge on any atom is 0.338 e. The van der Waals surface area contributed by atoms with E-state index >= 15 is 0 Å². The number of ether oxygens (including phenoxy) is 1. The maximum atomic E-state index is 12.3. The summed E-state index contributed by atoms with van der Waals surface area (Å²) in [5, 5.41) is 2.11. The van der Waals surface area contributed by atoms with Crippen LogP contribution >= 0.6 is 0 Å². The van der Waals surface area contributed by atoms with Gasteiger partial charge in [0.05, 0.1) is 16.7 Å². The highest BCUT2D eigenvalue weighted by Gasteiger charge is 2.35. The van der Waals surface area contributed by atoms with E-state index in [4.69, 9.17) is 4.74 Å². The zero-order valence-corrected chi connectivity index (χ0v) is 15.5. The molecule has 1 aliphatic heterocycles. The summed E-state index contributed by atoms with van der Waals surface area (Å²) in [5.74, 6) is -3.29. The van der Waals surface area contributed by atoms with E-state index in [1.807, 2.05) is 0 Å². The first-order valence-electron chi connectivity index (χ1n) is 8.57. The molecule has 2 heterocycles. The van der Waals surface area contributed by atoms with Gasteiger partial charge in [0.2, 0.25) is 0 Å². The van der Waals surface area contributed by atoms with E-state index in [0.717, 1.165) is 4.90 Å². The molecule has 1 aliphatic rings. The van der Waals surface area contributed by atoms with Gasteiger partial charge in [-0.3, -0.25) is 29.4 Å². The Morgan fingerprint density at radius 3 is 2.52 bits per heavy atom. The number of benzene rings is 1. The van der Waals surface area contributed by atoms with Gasteiger partial charge in [0.15, 0.2) is 6.61 Å². The van der Waals surface area contributed by atoms with Crippen LogP contribution in [0, 0.1) is 0 Å². The van der Waals surface area contributed by atoms with Crippen molar-refractivity contribution in [2.24, 2.45) is 7.05 Å². The van der Waals surface area contributed by atoms with Crippen LogP contribution in [0.5, 0.6) is 0 Å². The van der Waals surface area contributed by atoms with Gasteiger partial charge in [-0.2, -0.15) is 0 Å². The summed E-state index contributed by atoms with van der Waals surface area (Å²) in [7, 11) is 1.65. The molecule has 0 bridgehead atoms. The monoisotopic (exact) mass is 395 g/mol. The molecule has 0 saturated carbocycles. The minimum atomic E-state index is -0.864. The molecular formula is C20H17N3O6. The quantitative estimate of drug-likeness (QED) is 0.442. The number of aromatic nitrogens is 1. The van der Waals surface area contributed by atoms with E-state index in [1.54, 1.807) is 19.3 Å². The summed E-state index contributed by atoms with van der Waals surface area (Å²) in [6, 6.07) is 7.11. The molecule has 9 nitrogen and oxygen atoms in total. The Hall–Kier alpha value is -4.01. The highest BCUT2D eigenvalue weighted by atomic mass is 16.5. The van der Waals surface area contributed by atoms with E-state index in [-0.39, 0.29) is 28.9 Å². The third-order valence-corrected chi connectivity index (χ3v) is 4.28. The van der Waals surface area contributed by atoms with Crippen LogP contribution in [0.4, 0.5) is 0 Å². The number of imide groups is 2. The Morgan fingerprint density at radius 2 is 1.86 bits per heavy atom. The van der Waals surface area contributed by atoms with Crippen molar-refractivity contribution in [3.63, 3.8) is 0 Å². The SMILES string of the molecule is C=CCN1C(=O)c2ccc(C(=O)OCC(=O)NC(=O)c3cccn3C)cc2C1=O. The van der Waals surface area contributed by atoms with E-state index < -0.39 is 36.2 Å². The smallest absolute Gasteiger partial charge is 0.338 e. The lowest BCUT2D eigenvalue weighted by atomic mass is 10.1. The normalized spacial score (nSPS) is 12.5. The zero-order valence-electron chi connectivity index (χ0n) is 15.5. The van der Waals surface area contributed by atoms with Gasteiger partial charge in [0.1, 0.15) is 5.69 Å². The number of carbonyl (C=O) groups is 5. The Labute approximate surface area is 165 Å². The van der Waals surface area contributed by atoms with Gasteiger partial charge in [-0.1, -0.05) is 6.08 Å². The summed E-state index contributed by atoms with van der Waals surface area (Å²) < 4.78 is 6.43. The van der Waals surface area contributed by atoms with Crippen LogP contribution in [0.1, 0.15) is 41.6 Å². The molecular weight excluding hydrogens is 378 g/mol. The van der Waals surface area contributed by atoms with Gasteiger partial charge >= 0.3 is 5.97 Å². The molecule has 0 atom stereocenters. The first kappa shape index (κ1) is 19.7. The van der Waals surface area contributed by atoms with Crippen molar-refractivity contribution >= 4 is 29.6 Å². The summed E-state index contributed by atoms with van der Waals surface area (Å²) in [4.78, 5) is 61.5. The van der Waals surface area contributed by atoms with Crippen LogP contribution in [0.15, 0.2) is 49.2 Å². The van der Waals surface area contributed by atoms with Crippen molar-refractivity contribution in [2.75, 3.05) is 13.2 Å². The average Bonchev–Trinajstić information content (AvgIpc) is 3.23. The molecule has 9 heteroatoms. The first-order valence-corrected chi connectivity index (χ1v) is 8.57. The second kappa shape index (κ2) is 7.93. The summed E-state index contributed by atoms with van der Waals surface area (Å²) in [5.41, 5.74) is 0.538. The summed E-state index contributed by atoms with van der Waals surface area (Å²) in [6.45, 7) is 2.88. The summed E-state index contributed by atoms with van der Waals surface area (Å²) in [6.07, 6.45) is 3.07. The topological polar surface area (TPSA) is 115 Å². The fourth-order valence-corrected chi connectivity index (χ4v) is 2.85. The van der Waals surface area contributed by atoms with Gasteiger partial charge in [-0.15, -0.1) is 6.58 Å². The van der Waals surface area contributed by atoms with Crippen molar-refractivity contribution in [3.8, 4) is 0 Å². The second-order valence-corrected chi connectivity index (χ2v) is 6.23. The standard InChI is InChI=1S/C20H17N3O6/c1-3-8-23-18(26)13-7-6-12(10-14(13)19(23)27)20(28)29-11-16(24)21-17(25)15-5-4-9-22(15)2/h3-7,9-10H,1,8,11H2,2H3,(H,21,24,25). The predicted octanol–water partition coefficient (Wildman–Crippen LogP) is 0.920. The maximum absolute atomic E-state index is 12.3. The fourth-order valence-electron chi connectivity index (χ4n) is 2.85. The van der Waals surface area contributed by atoms with Gasteiger partial charge in [-0.25, -0.2) is 4.79 Å². The number of esters is 1. The predicted molar refractivity (Wildman–Crippen MR) is 100 cm³/mol. The third kappa shape index (κ3) is 3.84. The van der Waals surface area contributed by atoms with Gasteiger partial charge < -0.3 is 9.30 Å². The second-order valence-electron chi connectivity index (χ2n) is 6.23. The molecule has 2 aromatic rings. The lowest BCUT2D eigenvalue weighted by Gasteiger charge is -2.09. The lowest BCUT2D eigenvalue weighted by Crippen LogP contribution is -2.35. The van der Waals surface area contributed by atoms with Crippen LogP contribution < -0.4 is 5.32 Å². The fraction of sp³-hybridized carbons (Fsp3) is 0.150. The van der Waals surface area contributed by atoms with E-state index in [2.05, 4.69) is 11.9 Å². The molecule has 1 aromatic carbocycles. The molecule has 4 amide bonds. The van der Waals surface area contributed by atoms with E-state index in [9.17, 15) is 24.0 Å². The minimum absolute atomic E-state index is 0.00640. The minimum Gasteiger partial charge on any atom is -0.452 e. The molecule has 0 aliphatic carbocycles. The zero-order chi connectivity index (χ0) is 21.1. The summed E-state index contributed by atoms with van der Waals surface area (Å²) >= 11 is 0. The molecule has 0 spiro atoms. The first-order chi connectivity index (χ1) is 13.8. The average molecular weight is 395 g/mol. The Morgan fingerprint density at radius 1 is 1.14 bits per heavy atom. The van der Waals surface area contributed by atoms with Crippen molar-refractivity contribution < 1.29 is 28.7 Å². The van der Waals surface area contributed by atoms with Crippen LogP contribution in [0.3, 0.4) is 0 Å². The number of amides is 4. The Balaban J connectivity index is 1.62. The number of nitrogens with zero attached hydrogens (tertiary/aromatic N) is 2. The third-order valence-electron chi connectivity index (χ3n) is 4.28. The number of fused-ring (bicyclic) bond motifs is 1. The van der Waals surface area contributed by atoms with Gasteiger partial charge in [0.25, 0.3) is 23.6 Å². The molecule has 0 radical (unpaired) electrons. The number of aryl methyl sites for hydroxylation is 1. The highest BCUT2D eigenvalue weighted by Crippen LogP contribution is 2.24. The van der Waals surface area contributed by atoms with E-state index in [0.29, 0.717) is 0 Å². The van der Waals surface area contributed by atoms with Crippen molar-refractivity contribution in [1.29, 1.82) is 0 Å². The van der Waals surface area contributed by atoms with Crippen molar-refractivity contribution in [3.05, 3.63) is 71.6 Å². The molecule has 0 unspecified atom stereocenters. The molecule has 0 fully saturated rings. The molecule has 148 valence electrons. The number of rotatable bonds is 6. The molecule has 1 N–H and O–H groups in total. The van der Waals surface area contributed by atoms with Crippen LogP contribution in [0.2, 0.25) is 0 Å². The molecule has 0 saturated heterocycles. The van der Waals surface area contributed by atoms with Crippen LogP contribution in [-0.2, 0) is 16.6 Å². The van der Waals surface area contributed by atoms with Crippen LogP contribution in [0.25, 0.3) is 0 Å². The molecule has 1 aromatic heterocycles. The Bertz CT molecular complexity index is 1050.